The van der Waals surface area contributed by atoms with Gasteiger partial charge in [-0.3, -0.25) is 9.59 Å². The SMILES string of the molecule is COCCCCC1(CNC(=O)[C@@H]2CNC[C@H](NC(=O)CC3CCCCC3)C2)c2ccccc2Oc2ccccc21. The molecule has 7 nitrogen and oxygen atoms in total. The molecule has 1 saturated heterocycles. The Balaban J connectivity index is 1.27. The summed E-state index contributed by atoms with van der Waals surface area (Å²) in [6.07, 6.45) is 10.1. The van der Waals surface area contributed by atoms with Crippen LogP contribution in [0.2, 0.25) is 0 Å². The Kier molecular flexibility index (Phi) is 9.76. The molecule has 2 aromatic rings. The molecule has 0 unspecified atom stereocenters. The average Bonchev–Trinajstić information content (AvgIpc) is 2.98. The third kappa shape index (κ3) is 6.69. The van der Waals surface area contributed by atoms with Crippen molar-refractivity contribution in [3.63, 3.8) is 0 Å². The number of hydrogen-bond donors (Lipinski definition) is 3. The molecule has 7 heteroatoms. The fraction of sp³-hybridized carbons (Fsp3) is 0.576. The van der Waals surface area contributed by atoms with E-state index in [9.17, 15) is 9.59 Å². The van der Waals surface area contributed by atoms with Gasteiger partial charge in [-0.25, -0.2) is 0 Å². The molecule has 5 rings (SSSR count). The first-order valence-electron chi connectivity index (χ1n) is 15.2. The normalized spacial score (nSPS) is 21.9. The van der Waals surface area contributed by atoms with Crippen LogP contribution in [0, 0.1) is 11.8 Å². The number of hydrogen-bond acceptors (Lipinski definition) is 5. The summed E-state index contributed by atoms with van der Waals surface area (Å²) in [5.41, 5.74) is 1.83. The predicted octanol–water partition coefficient (Wildman–Crippen LogP) is 5.08. The smallest absolute Gasteiger partial charge is 0.224 e. The van der Waals surface area contributed by atoms with Crippen molar-refractivity contribution in [3.05, 3.63) is 59.7 Å². The summed E-state index contributed by atoms with van der Waals surface area (Å²) in [5, 5.41) is 9.96. The van der Waals surface area contributed by atoms with E-state index in [2.05, 4.69) is 28.1 Å². The molecule has 0 bridgehead atoms. The molecule has 2 aromatic carbocycles. The summed E-state index contributed by atoms with van der Waals surface area (Å²) < 4.78 is 11.6. The zero-order chi connectivity index (χ0) is 27.8. The third-order valence-electron chi connectivity index (χ3n) is 9.08. The maximum atomic E-state index is 13.6. The number of fused-ring (bicyclic) bond motifs is 2. The van der Waals surface area contributed by atoms with E-state index >= 15 is 0 Å². The third-order valence-corrected chi connectivity index (χ3v) is 9.08. The number of ether oxygens (including phenoxy) is 2. The van der Waals surface area contributed by atoms with Gasteiger partial charge in [-0.2, -0.15) is 0 Å². The van der Waals surface area contributed by atoms with Crippen molar-refractivity contribution in [3.8, 4) is 11.5 Å². The lowest BCUT2D eigenvalue weighted by molar-refractivity contribution is -0.127. The zero-order valence-corrected chi connectivity index (χ0v) is 23.9. The molecule has 3 N–H and O–H groups in total. The number of para-hydroxylation sites is 2. The van der Waals surface area contributed by atoms with Crippen LogP contribution in [0.5, 0.6) is 11.5 Å². The average molecular weight is 548 g/mol. The van der Waals surface area contributed by atoms with Crippen molar-refractivity contribution in [1.82, 2.24) is 16.0 Å². The predicted molar refractivity (Wildman–Crippen MR) is 157 cm³/mol. The molecule has 2 aliphatic heterocycles. The van der Waals surface area contributed by atoms with Gasteiger partial charge in [0.05, 0.1) is 5.92 Å². The van der Waals surface area contributed by atoms with Gasteiger partial charge in [0.2, 0.25) is 11.8 Å². The minimum atomic E-state index is -0.398. The fourth-order valence-electron chi connectivity index (χ4n) is 6.96. The summed E-state index contributed by atoms with van der Waals surface area (Å²) >= 11 is 0. The van der Waals surface area contributed by atoms with Crippen LogP contribution in [0.1, 0.15) is 75.3 Å². The highest BCUT2D eigenvalue weighted by Crippen LogP contribution is 2.50. The Morgan fingerprint density at radius 2 is 1.68 bits per heavy atom. The summed E-state index contributed by atoms with van der Waals surface area (Å²) in [6, 6.07) is 16.4. The molecule has 0 radical (unpaired) electrons. The van der Waals surface area contributed by atoms with E-state index in [-0.39, 0.29) is 23.8 Å². The Hall–Kier alpha value is -2.90. The molecule has 1 aliphatic carbocycles. The van der Waals surface area contributed by atoms with Crippen molar-refractivity contribution in [2.45, 2.75) is 75.7 Å². The van der Waals surface area contributed by atoms with E-state index in [1.54, 1.807) is 7.11 Å². The summed E-state index contributed by atoms with van der Waals surface area (Å²) in [5.74, 6) is 2.19. The topological polar surface area (TPSA) is 88.7 Å². The van der Waals surface area contributed by atoms with E-state index in [1.165, 1.54) is 19.3 Å². The van der Waals surface area contributed by atoms with Gasteiger partial charge < -0.3 is 25.4 Å². The number of carbonyl (C=O) groups excluding carboxylic acids is 2. The fourth-order valence-corrected chi connectivity index (χ4v) is 6.96. The van der Waals surface area contributed by atoms with Crippen molar-refractivity contribution in [2.75, 3.05) is 33.4 Å². The molecule has 3 aliphatic rings. The lowest BCUT2D eigenvalue weighted by Crippen LogP contribution is -2.53. The number of amides is 2. The minimum Gasteiger partial charge on any atom is -0.457 e. The zero-order valence-electron chi connectivity index (χ0n) is 23.9. The van der Waals surface area contributed by atoms with E-state index in [0.717, 1.165) is 54.7 Å². The summed E-state index contributed by atoms with van der Waals surface area (Å²) in [4.78, 5) is 26.4. The van der Waals surface area contributed by atoms with Crippen LogP contribution in [0.4, 0.5) is 0 Å². The van der Waals surface area contributed by atoms with Crippen LogP contribution in [-0.4, -0.2) is 51.2 Å². The first-order valence-corrected chi connectivity index (χ1v) is 15.2. The summed E-state index contributed by atoms with van der Waals surface area (Å²) in [6.45, 7) is 2.54. The number of nitrogens with one attached hydrogen (secondary N) is 3. The molecule has 0 aromatic heterocycles. The van der Waals surface area contributed by atoms with Crippen molar-refractivity contribution in [1.29, 1.82) is 0 Å². The number of methoxy groups -OCH3 is 1. The number of unbranched alkanes of at least 4 members (excludes halogenated alkanes) is 1. The molecule has 40 heavy (non-hydrogen) atoms. The van der Waals surface area contributed by atoms with Gasteiger partial charge in [-0.15, -0.1) is 0 Å². The highest BCUT2D eigenvalue weighted by molar-refractivity contribution is 5.80. The van der Waals surface area contributed by atoms with E-state index in [4.69, 9.17) is 9.47 Å². The second-order valence-electron chi connectivity index (χ2n) is 11.9. The molecular weight excluding hydrogens is 502 g/mol. The quantitative estimate of drug-likeness (QED) is 0.342. The Bertz CT molecular complexity index is 1100. The molecular formula is C33H45N3O4. The van der Waals surface area contributed by atoms with Crippen LogP contribution in [0.3, 0.4) is 0 Å². The van der Waals surface area contributed by atoms with Gasteiger partial charge in [-0.1, -0.05) is 55.7 Å². The minimum absolute atomic E-state index is 0.0203. The number of rotatable bonds is 11. The van der Waals surface area contributed by atoms with Crippen molar-refractivity contribution >= 4 is 11.8 Å². The van der Waals surface area contributed by atoms with Crippen LogP contribution in [0.25, 0.3) is 0 Å². The Morgan fingerprint density at radius 1 is 0.975 bits per heavy atom. The van der Waals surface area contributed by atoms with Gasteiger partial charge in [0.1, 0.15) is 11.5 Å². The van der Waals surface area contributed by atoms with Gasteiger partial charge in [0, 0.05) is 62.4 Å². The highest BCUT2D eigenvalue weighted by atomic mass is 16.5. The van der Waals surface area contributed by atoms with Crippen LogP contribution in [-0.2, 0) is 19.7 Å². The first kappa shape index (κ1) is 28.6. The standard InChI is InChI=1S/C33H45N3O4/c1-39-18-10-9-17-33(27-13-5-7-15-29(27)40-30-16-8-6-14-28(30)33)23-35-32(38)25-20-26(22-34-21-25)36-31(37)19-24-11-3-2-4-12-24/h5-8,13-16,24-26,34H,2-4,9-12,17-23H2,1H3,(H,35,38)(H,36,37)/t25-,26+/m0/s1. The van der Waals surface area contributed by atoms with Crippen LogP contribution in [0.15, 0.2) is 48.5 Å². The first-order chi connectivity index (χ1) is 19.6. The molecule has 2 heterocycles. The molecule has 2 atom stereocenters. The second kappa shape index (κ2) is 13.6. The lowest BCUT2D eigenvalue weighted by Gasteiger charge is -2.41. The second-order valence-corrected chi connectivity index (χ2v) is 11.9. The van der Waals surface area contributed by atoms with E-state index in [1.807, 2.05) is 36.4 Å². The number of benzene rings is 2. The van der Waals surface area contributed by atoms with Crippen molar-refractivity contribution < 1.29 is 19.1 Å². The molecule has 2 amide bonds. The number of piperidine rings is 1. The van der Waals surface area contributed by atoms with Gasteiger partial charge in [0.15, 0.2) is 0 Å². The van der Waals surface area contributed by atoms with Gasteiger partial charge in [-0.05, 0) is 56.6 Å². The highest BCUT2D eigenvalue weighted by Gasteiger charge is 2.42. The largest absolute Gasteiger partial charge is 0.457 e. The maximum absolute atomic E-state index is 13.6. The van der Waals surface area contributed by atoms with E-state index < -0.39 is 5.41 Å². The van der Waals surface area contributed by atoms with E-state index in [0.29, 0.717) is 45.0 Å². The maximum Gasteiger partial charge on any atom is 0.224 e. The number of carbonyl (C=O) groups is 2. The van der Waals surface area contributed by atoms with Crippen molar-refractivity contribution in [2.24, 2.45) is 11.8 Å². The molecule has 216 valence electrons. The summed E-state index contributed by atoms with van der Waals surface area (Å²) in [7, 11) is 1.74. The van der Waals surface area contributed by atoms with Crippen LogP contribution < -0.4 is 20.7 Å². The van der Waals surface area contributed by atoms with Gasteiger partial charge in [0.25, 0.3) is 0 Å². The van der Waals surface area contributed by atoms with Crippen LogP contribution >= 0.6 is 0 Å². The Labute approximate surface area is 238 Å². The monoisotopic (exact) mass is 547 g/mol. The molecule has 2 fully saturated rings. The lowest BCUT2D eigenvalue weighted by atomic mass is 9.69. The Morgan fingerprint density at radius 3 is 2.38 bits per heavy atom. The molecule has 0 spiro atoms. The van der Waals surface area contributed by atoms with Gasteiger partial charge >= 0.3 is 0 Å². The molecule has 1 saturated carbocycles.